The second kappa shape index (κ2) is 13.6. The highest BCUT2D eigenvalue weighted by Crippen LogP contribution is 2.34. The molecule has 0 saturated carbocycles. The zero-order valence-electron chi connectivity index (χ0n) is 23.9. The van der Waals surface area contributed by atoms with Gasteiger partial charge in [-0.1, -0.05) is 78.7 Å². The summed E-state index contributed by atoms with van der Waals surface area (Å²) in [7, 11) is 0. The first-order chi connectivity index (χ1) is 21.2. The average Bonchev–Trinajstić information content (AvgIpc) is 3.05. The van der Waals surface area contributed by atoms with Crippen LogP contribution in [-0.4, -0.2) is 36.5 Å². The number of carbonyl (C=O) groups excluding carboxylic acids is 2. The summed E-state index contributed by atoms with van der Waals surface area (Å²) in [5.74, 6) is 1.93. The first-order valence-electron chi connectivity index (χ1n) is 14.3. The quantitative estimate of drug-likeness (QED) is 0.167. The van der Waals surface area contributed by atoms with Crippen molar-refractivity contribution in [1.29, 1.82) is 0 Å². The molecule has 1 aliphatic rings. The lowest BCUT2D eigenvalue weighted by atomic mass is 9.88. The second-order valence-electron chi connectivity index (χ2n) is 10.6. The van der Waals surface area contributed by atoms with Crippen LogP contribution in [0.15, 0.2) is 103 Å². The molecule has 1 N–H and O–H groups in total. The molecule has 1 heterocycles. The lowest BCUT2D eigenvalue weighted by Gasteiger charge is -2.36. The smallest absolute Gasteiger partial charge is 0.416 e. The van der Waals surface area contributed by atoms with Crippen molar-refractivity contribution in [1.82, 2.24) is 4.90 Å². The highest BCUT2D eigenvalue weighted by atomic mass is 19.4. The fraction of sp³-hybridized carbons (Fsp3) is 0.222. The molecule has 0 bridgehead atoms. The van der Waals surface area contributed by atoms with Crippen molar-refractivity contribution in [3.05, 3.63) is 125 Å². The van der Waals surface area contributed by atoms with Crippen molar-refractivity contribution in [3.63, 3.8) is 0 Å². The zero-order chi connectivity index (χ0) is 31.1. The SMILES string of the molecule is C#CCOC(=O)C(c1ccccc1)N1CCC(c2ccc(NC(=O)c3ccccc3-c3ccc(C(F)(F)F)cc3)cc2)CC1. The van der Waals surface area contributed by atoms with E-state index in [1.807, 2.05) is 54.6 Å². The summed E-state index contributed by atoms with van der Waals surface area (Å²) < 4.78 is 44.3. The van der Waals surface area contributed by atoms with E-state index in [0.29, 0.717) is 35.5 Å². The molecule has 0 spiro atoms. The maximum Gasteiger partial charge on any atom is 0.416 e. The number of esters is 1. The maximum absolute atomic E-state index is 13.2. The van der Waals surface area contributed by atoms with E-state index in [9.17, 15) is 22.8 Å². The van der Waals surface area contributed by atoms with Crippen molar-refractivity contribution < 1.29 is 27.5 Å². The van der Waals surface area contributed by atoms with E-state index in [1.54, 1.807) is 24.3 Å². The van der Waals surface area contributed by atoms with E-state index in [2.05, 4.69) is 16.1 Å². The number of ether oxygens (including phenoxy) is 1. The van der Waals surface area contributed by atoms with Crippen LogP contribution in [0.3, 0.4) is 0 Å². The van der Waals surface area contributed by atoms with Crippen molar-refractivity contribution >= 4 is 17.6 Å². The van der Waals surface area contributed by atoms with Crippen molar-refractivity contribution in [2.24, 2.45) is 0 Å². The lowest BCUT2D eigenvalue weighted by molar-refractivity contribution is -0.149. The van der Waals surface area contributed by atoms with Crippen molar-refractivity contribution in [2.45, 2.75) is 31.0 Å². The van der Waals surface area contributed by atoms with E-state index in [0.717, 1.165) is 36.1 Å². The average molecular weight is 597 g/mol. The molecule has 44 heavy (non-hydrogen) atoms. The Bertz CT molecular complexity index is 1620. The number of piperidine rings is 1. The monoisotopic (exact) mass is 596 g/mol. The van der Waals surface area contributed by atoms with Crippen LogP contribution < -0.4 is 5.32 Å². The fourth-order valence-electron chi connectivity index (χ4n) is 5.62. The topological polar surface area (TPSA) is 58.6 Å². The molecule has 4 aromatic rings. The Morgan fingerprint density at radius 3 is 2.16 bits per heavy atom. The second-order valence-corrected chi connectivity index (χ2v) is 10.6. The minimum atomic E-state index is -4.43. The Hall–Kier alpha value is -4.87. The molecule has 1 fully saturated rings. The predicted molar refractivity (Wildman–Crippen MR) is 164 cm³/mol. The molecular weight excluding hydrogens is 565 g/mol. The molecule has 1 aliphatic heterocycles. The number of amides is 1. The van der Waals surface area contributed by atoms with Gasteiger partial charge in [-0.3, -0.25) is 9.69 Å². The van der Waals surface area contributed by atoms with Crippen LogP contribution in [0.5, 0.6) is 0 Å². The van der Waals surface area contributed by atoms with Gasteiger partial charge in [0.25, 0.3) is 5.91 Å². The predicted octanol–water partition coefficient (Wildman–Crippen LogP) is 7.72. The molecule has 4 aromatic carbocycles. The minimum Gasteiger partial charge on any atom is -0.451 e. The number of hydrogen-bond donors (Lipinski definition) is 1. The van der Waals surface area contributed by atoms with Crippen LogP contribution in [-0.2, 0) is 15.7 Å². The number of anilines is 1. The number of rotatable bonds is 8. The van der Waals surface area contributed by atoms with E-state index in [4.69, 9.17) is 11.2 Å². The number of nitrogens with one attached hydrogen (secondary N) is 1. The van der Waals surface area contributed by atoms with Gasteiger partial charge in [-0.15, -0.1) is 6.42 Å². The minimum absolute atomic E-state index is 0.0673. The molecule has 0 aromatic heterocycles. The first kappa shape index (κ1) is 30.6. The number of nitrogens with zero attached hydrogens (tertiary/aromatic N) is 1. The summed E-state index contributed by atoms with van der Waals surface area (Å²) >= 11 is 0. The first-order valence-corrected chi connectivity index (χ1v) is 14.3. The number of terminal acetylenes is 1. The van der Waals surface area contributed by atoms with Gasteiger partial charge in [0, 0.05) is 11.3 Å². The van der Waals surface area contributed by atoms with Gasteiger partial charge < -0.3 is 10.1 Å². The third-order valence-corrected chi connectivity index (χ3v) is 7.87. The van der Waals surface area contributed by atoms with Crippen LogP contribution in [0.25, 0.3) is 11.1 Å². The van der Waals surface area contributed by atoms with Gasteiger partial charge in [0.1, 0.15) is 6.04 Å². The number of carbonyl (C=O) groups is 2. The van der Waals surface area contributed by atoms with Crippen molar-refractivity contribution in [2.75, 3.05) is 25.0 Å². The van der Waals surface area contributed by atoms with Gasteiger partial charge in [0.2, 0.25) is 0 Å². The molecular formula is C36H31F3N2O3. The van der Waals surface area contributed by atoms with Crippen LogP contribution in [0.4, 0.5) is 18.9 Å². The molecule has 1 amide bonds. The Morgan fingerprint density at radius 2 is 1.52 bits per heavy atom. The third kappa shape index (κ3) is 7.19. The molecule has 0 aliphatic carbocycles. The van der Waals surface area contributed by atoms with Gasteiger partial charge in [-0.05, 0) is 84.4 Å². The standard InChI is InChI=1S/C36H31F3N2O3/c1-2-24-44-35(43)33(28-8-4-3-5-9-28)41-22-20-26(21-23-41)25-14-18-30(19-15-25)40-34(42)32-11-7-6-10-31(32)27-12-16-29(17-13-27)36(37,38)39/h1,3-19,26,33H,20-24H2,(H,40,42). The molecule has 1 unspecified atom stereocenters. The molecule has 5 nitrogen and oxygen atoms in total. The molecule has 5 rings (SSSR count). The van der Waals surface area contributed by atoms with E-state index in [-0.39, 0.29) is 24.4 Å². The van der Waals surface area contributed by atoms with E-state index >= 15 is 0 Å². The molecule has 8 heteroatoms. The van der Waals surface area contributed by atoms with E-state index in [1.165, 1.54) is 12.1 Å². The summed E-state index contributed by atoms with van der Waals surface area (Å²) in [4.78, 5) is 28.2. The van der Waals surface area contributed by atoms with Crippen molar-refractivity contribution in [3.8, 4) is 23.5 Å². The van der Waals surface area contributed by atoms with E-state index < -0.39 is 17.8 Å². The molecule has 1 saturated heterocycles. The zero-order valence-corrected chi connectivity index (χ0v) is 23.9. The number of benzene rings is 4. The highest BCUT2D eigenvalue weighted by Gasteiger charge is 2.33. The summed E-state index contributed by atoms with van der Waals surface area (Å²) in [5, 5.41) is 2.91. The van der Waals surface area contributed by atoms with Crippen LogP contribution in [0, 0.1) is 12.3 Å². The number of alkyl halides is 3. The normalized spacial score (nSPS) is 14.8. The Balaban J connectivity index is 1.23. The van der Waals surface area contributed by atoms with Crippen LogP contribution in [0.2, 0.25) is 0 Å². The van der Waals surface area contributed by atoms with Gasteiger partial charge in [-0.25, -0.2) is 4.79 Å². The molecule has 0 radical (unpaired) electrons. The Kier molecular flexibility index (Phi) is 9.47. The number of halogens is 3. The third-order valence-electron chi connectivity index (χ3n) is 7.87. The summed E-state index contributed by atoms with van der Waals surface area (Å²) in [6.07, 6.45) is 2.55. The van der Waals surface area contributed by atoms with Crippen LogP contribution in [0.1, 0.15) is 51.8 Å². The summed E-state index contributed by atoms with van der Waals surface area (Å²) in [6.45, 7) is 1.34. The number of hydrogen-bond acceptors (Lipinski definition) is 4. The molecule has 224 valence electrons. The fourth-order valence-corrected chi connectivity index (χ4v) is 5.62. The largest absolute Gasteiger partial charge is 0.451 e. The van der Waals surface area contributed by atoms with Crippen LogP contribution >= 0.6 is 0 Å². The van der Waals surface area contributed by atoms with Gasteiger partial charge in [-0.2, -0.15) is 13.2 Å². The van der Waals surface area contributed by atoms with Gasteiger partial charge >= 0.3 is 12.1 Å². The Labute approximate surface area is 254 Å². The molecule has 1 atom stereocenters. The van der Waals surface area contributed by atoms with Gasteiger partial charge in [0.05, 0.1) is 5.56 Å². The lowest BCUT2D eigenvalue weighted by Crippen LogP contribution is -2.40. The summed E-state index contributed by atoms with van der Waals surface area (Å²) in [6, 6.07) is 28.3. The maximum atomic E-state index is 13.2. The van der Waals surface area contributed by atoms with Gasteiger partial charge in [0.15, 0.2) is 6.61 Å². The Morgan fingerprint density at radius 1 is 0.886 bits per heavy atom. The number of likely N-dealkylation sites (tertiary alicyclic amines) is 1. The highest BCUT2D eigenvalue weighted by molar-refractivity contribution is 6.08. The summed E-state index contributed by atoms with van der Waals surface area (Å²) in [5.41, 5.74) is 3.29.